The molecule has 0 amide bonds. The van der Waals surface area contributed by atoms with Crippen LogP contribution in [0, 0.1) is 6.92 Å². The molecule has 1 aromatic carbocycles. The summed E-state index contributed by atoms with van der Waals surface area (Å²) in [6, 6.07) is 6.56. The number of hydrogen-bond acceptors (Lipinski definition) is 4. The standard InChI is InChI=1S/C16H22N4O/c1-12-4-5-16-13(7-12)3-2-6-19(16)10-15(21)11-20-9-14(17)8-18-20/h4-5,7-9,15,21H,2-3,6,10-11,17H2,1H3. The van der Waals surface area contributed by atoms with Gasteiger partial charge in [-0.05, 0) is 31.4 Å². The average Bonchev–Trinajstić information content (AvgIpc) is 2.83. The fourth-order valence-corrected chi connectivity index (χ4v) is 3.00. The number of rotatable bonds is 4. The molecule has 112 valence electrons. The largest absolute Gasteiger partial charge is 0.396 e. The highest BCUT2D eigenvalue weighted by molar-refractivity contribution is 5.56. The molecule has 1 unspecified atom stereocenters. The van der Waals surface area contributed by atoms with E-state index in [1.807, 2.05) is 0 Å². The van der Waals surface area contributed by atoms with Crippen molar-refractivity contribution < 1.29 is 5.11 Å². The molecule has 0 spiro atoms. The van der Waals surface area contributed by atoms with Crippen LogP contribution in [0.1, 0.15) is 17.5 Å². The maximum Gasteiger partial charge on any atom is 0.0910 e. The molecule has 5 nitrogen and oxygen atoms in total. The summed E-state index contributed by atoms with van der Waals surface area (Å²) in [4.78, 5) is 2.27. The van der Waals surface area contributed by atoms with Gasteiger partial charge in [0.2, 0.25) is 0 Å². The van der Waals surface area contributed by atoms with Crippen molar-refractivity contribution in [1.29, 1.82) is 0 Å². The summed E-state index contributed by atoms with van der Waals surface area (Å²) in [5.74, 6) is 0. The summed E-state index contributed by atoms with van der Waals surface area (Å²) in [6.07, 6.45) is 5.15. The quantitative estimate of drug-likeness (QED) is 0.895. The van der Waals surface area contributed by atoms with Crippen molar-refractivity contribution in [2.75, 3.05) is 23.7 Å². The van der Waals surface area contributed by atoms with Crippen molar-refractivity contribution in [3.63, 3.8) is 0 Å². The van der Waals surface area contributed by atoms with E-state index in [9.17, 15) is 5.11 Å². The summed E-state index contributed by atoms with van der Waals surface area (Å²) < 4.78 is 1.69. The van der Waals surface area contributed by atoms with Crippen molar-refractivity contribution in [3.05, 3.63) is 41.7 Å². The highest BCUT2D eigenvalue weighted by Crippen LogP contribution is 2.28. The summed E-state index contributed by atoms with van der Waals surface area (Å²) >= 11 is 0. The Hall–Kier alpha value is -2.01. The van der Waals surface area contributed by atoms with Crippen molar-refractivity contribution >= 4 is 11.4 Å². The van der Waals surface area contributed by atoms with Gasteiger partial charge in [-0.3, -0.25) is 4.68 Å². The highest BCUT2D eigenvalue weighted by atomic mass is 16.3. The maximum absolute atomic E-state index is 10.3. The van der Waals surface area contributed by atoms with Crippen molar-refractivity contribution in [1.82, 2.24) is 9.78 Å². The fourth-order valence-electron chi connectivity index (χ4n) is 3.00. The molecular weight excluding hydrogens is 264 g/mol. The topological polar surface area (TPSA) is 67.3 Å². The Labute approximate surface area is 125 Å². The van der Waals surface area contributed by atoms with Crippen LogP contribution < -0.4 is 10.6 Å². The Morgan fingerprint density at radius 3 is 3.00 bits per heavy atom. The third-order valence-corrected chi connectivity index (χ3v) is 3.93. The predicted octanol–water partition coefficient (Wildman–Crippen LogP) is 1.59. The zero-order valence-corrected chi connectivity index (χ0v) is 12.4. The molecule has 0 bridgehead atoms. The molecule has 1 atom stereocenters. The SMILES string of the molecule is Cc1ccc2c(c1)CCCN2CC(O)Cn1cc(N)cn1. The highest BCUT2D eigenvalue weighted by Gasteiger charge is 2.19. The van der Waals surface area contributed by atoms with Crippen LogP contribution in [-0.4, -0.2) is 34.1 Å². The van der Waals surface area contributed by atoms with Crippen molar-refractivity contribution in [2.24, 2.45) is 0 Å². The molecule has 1 aliphatic heterocycles. The normalized spacial score (nSPS) is 15.8. The second-order valence-corrected chi connectivity index (χ2v) is 5.83. The Kier molecular flexibility index (Phi) is 3.84. The van der Waals surface area contributed by atoms with Crippen LogP contribution >= 0.6 is 0 Å². The van der Waals surface area contributed by atoms with E-state index < -0.39 is 6.10 Å². The van der Waals surface area contributed by atoms with Gasteiger partial charge in [-0.25, -0.2) is 0 Å². The number of aryl methyl sites for hydroxylation is 2. The third kappa shape index (κ3) is 3.19. The monoisotopic (exact) mass is 286 g/mol. The molecule has 21 heavy (non-hydrogen) atoms. The van der Waals surface area contributed by atoms with Gasteiger partial charge in [0.25, 0.3) is 0 Å². The second-order valence-electron chi connectivity index (χ2n) is 5.83. The Bertz CT molecular complexity index is 622. The molecule has 2 aromatic rings. The van der Waals surface area contributed by atoms with Crippen LogP contribution in [-0.2, 0) is 13.0 Å². The molecule has 0 saturated heterocycles. The molecule has 1 aromatic heterocycles. The number of benzene rings is 1. The van der Waals surface area contributed by atoms with Gasteiger partial charge in [0.1, 0.15) is 0 Å². The van der Waals surface area contributed by atoms with Gasteiger partial charge < -0.3 is 15.7 Å². The zero-order chi connectivity index (χ0) is 14.8. The van der Waals surface area contributed by atoms with Gasteiger partial charge in [0, 0.05) is 25.0 Å². The maximum atomic E-state index is 10.3. The zero-order valence-electron chi connectivity index (χ0n) is 12.4. The van der Waals surface area contributed by atoms with Crippen LogP contribution in [0.5, 0.6) is 0 Å². The summed E-state index contributed by atoms with van der Waals surface area (Å²) in [5, 5.41) is 14.4. The third-order valence-electron chi connectivity index (χ3n) is 3.93. The first-order valence-corrected chi connectivity index (χ1v) is 7.42. The van der Waals surface area contributed by atoms with Gasteiger partial charge in [0.05, 0.1) is 24.5 Å². The van der Waals surface area contributed by atoms with Crippen molar-refractivity contribution in [3.8, 4) is 0 Å². The summed E-state index contributed by atoms with van der Waals surface area (Å²) in [6.45, 7) is 4.20. The van der Waals surface area contributed by atoms with E-state index in [-0.39, 0.29) is 0 Å². The molecule has 0 aliphatic carbocycles. The number of hydrogen-bond donors (Lipinski definition) is 2. The van der Waals surface area contributed by atoms with Crippen LogP contribution in [0.2, 0.25) is 0 Å². The molecule has 5 heteroatoms. The minimum absolute atomic E-state index is 0.462. The van der Waals surface area contributed by atoms with Gasteiger partial charge in [-0.15, -0.1) is 0 Å². The van der Waals surface area contributed by atoms with Gasteiger partial charge in [0.15, 0.2) is 0 Å². The molecular formula is C16H22N4O. The number of aromatic nitrogens is 2. The lowest BCUT2D eigenvalue weighted by molar-refractivity contribution is 0.154. The molecule has 3 N–H and O–H groups in total. The summed E-state index contributed by atoms with van der Waals surface area (Å²) in [5.41, 5.74) is 10.2. The van der Waals surface area contributed by atoms with E-state index in [2.05, 4.69) is 35.1 Å². The number of fused-ring (bicyclic) bond motifs is 1. The van der Waals surface area contributed by atoms with Crippen LogP contribution in [0.3, 0.4) is 0 Å². The smallest absolute Gasteiger partial charge is 0.0910 e. The number of aliphatic hydroxyl groups is 1. The number of β-amino-alcohol motifs (C(OH)–C–C–N with tert-alkyl or cyclic N) is 1. The Balaban J connectivity index is 1.68. The van der Waals surface area contributed by atoms with E-state index in [1.54, 1.807) is 17.1 Å². The average molecular weight is 286 g/mol. The first-order valence-electron chi connectivity index (χ1n) is 7.42. The number of aliphatic hydroxyl groups excluding tert-OH is 1. The number of nitrogens with two attached hydrogens (primary N) is 1. The minimum Gasteiger partial charge on any atom is -0.396 e. The summed E-state index contributed by atoms with van der Waals surface area (Å²) in [7, 11) is 0. The van der Waals surface area contributed by atoms with Gasteiger partial charge in [-0.2, -0.15) is 5.10 Å². The Morgan fingerprint density at radius 1 is 1.38 bits per heavy atom. The van der Waals surface area contributed by atoms with Gasteiger partial charge in [-0.1, -0.05) is 17.7 Å². The van der Waals surface area contributed by atoms with E-state index in [0.29, 0.717) is 18.8 Å². The molecule has 3 rings (SSSR count). The first-order chi connectivity index (χ1) is 10.1. The second kappa shape index (κ2) is 5.77. The predicted molar refractivity (Wildman–Crippen MR) is 84.4 cm³/mol. The molecule has 0 radical (unpaired) electrons. The molecule has 2 heterocycles. The molecule has 1 aliphatic rings. The molecule has 0 fully saturated rings. The number of anilines is 2. The minimum atomic E-state index is -0.462. The van der Waals surface area contributed by atoms with E-state index >= 15 is 0 Å². The van der Waals surface area contributed by atoms with Crippen LogP contribution in [0.15, 0.2) is 30.6 Å². The van der Waals surface area contributed by atoms with Gasteiger partial charge >= 0.3 is 0 Å². The molecule has 0 saturated carbocycles. The number of nitrogen functional groups attached to an aromatic ring is 1. The van der Waals surface area contributed by atoms with Crippen LogP contribution in [0.4, 0.5) is 11.4 Å². The lowest BCUT2D eigenvalue weighted by Crippen LogP contribution is -2.38. The van der Waals surface area contributed by atoms with E-state index in [1.165, 1.54) is 16.8 Å². The number of nitrogens with zero attached hydrogens (tertiary/aromatic N) is 3. The lowest BCUT2D eigenvalue weighted by Gasteiger charge is -2.33. The Morgan fingerprint density at radius 2 is 2.24 bits per heavy atom. The van der Waals surface area contributed by atoms with Crippen molar-refractivity contribution in [2.45, 2.75) is 32.4 Å². The first kappa shape index (κ1) is 13.9. The van der Waals surface area contributed by atoms with Crippen LogP contribution in [0.25, 0.3) is 0 Å². The van der Waals surface area contributed by atoms with E-state index in [4.69, 9.17) is 5.73 Å². The fraction of sp³-hybridized carbons (Fsp3) is 0.438. The van der Waals surface area contributed by atoms with E-state index in [0.717, 1.165) is 19.4 Å². The lowest BCUT2D eigenvalue weighted by atomic mass is 9.99.